The number of pyridine rings is 1. The molecule has 2 heterocycles. The van der Waals surface area contributed by atoms with E-state index in [9.17, 15) is 4.79 Å². The Hall–Kier alpha value is -2.95. The van der Waals surface area contributed by atoms with Gasteiger partial charge < -0.3 is 4.74 Å². The van der Waals surface area contributed by atoms with Crippen LogP contribution < -0.4 is 10.2 Å². The minimum Gasteiger partial charge on any atom is -0.485 e. The third-order valence-corrected chi connectivity index (χ3v) is 3.32. The maximum Gasteiger partial charge on any atom is 0.272 e. The Morgan fingerprint density at radius 1 is 1.32 bits per heavy atom. The second-order valence-electron chi connectivity index (χ2n) is 4.88. The molecule has 1 amide bonds. The minimum absolute atomic E-state index is 0.117. The molecule has 0 unspecified atom stereocenters. The lowest BCUT2D eigenvalue weighted by atomic mass is 10.0. The third kappa shape index (κ3) is 3.03. The Labute approximate surface area is 128 Å². The molecular formula is C17H15N3O2. The first-order chi connectivity index (χ1) is 10.7. The zero-order valence-electron chi connectivity index (χ0n) is 12.1. The number of benzene rings is 1. The Bertz CT molecular complexity index is 739. The van der Waals surface area contributed by atoms with Crippen molar-refractivity contribution in [1.29, 1.82) is 0 Å². The van der Waals surface area contributed by atoms with Crippen molar-refractivity contribution in [3.8, 4) is 5.75 Å². The summed E-state index contributed by atoms with van der Waals surface area (Å²) in [5.41, 5.74) is 4.84. The Balaban J connectivity index is 1.71. The van der Waals surface area contributed by atoms with Crippen molar-refractivity contribution in [2.45, 2.75) is 13.0 Å². The summed E-state index contributed by atoms with van der Waals surface area (Å²) < 4.78 is 5.80. The summed E-state index contributed by atoms with van der Waals surface area (Å²) in [5, 5.41) is 3.99. The van der Waals surface area contributed by atoms with Crippen molar-refractivity contribution in [2.24, 2.45) is 5.10 Å². The maximum atomic E-state index is 11.9. The van der Waals surface area contributed by atoms with Gasteiger partial charge in [0.05, 0.1) is 11.8 Å². The lowest BCUT2D eigenvalue weighted by molar-refractivity contribution is 0.0954. The molecule has 0 bridgehead atoms. The van der Waals surface area contributed by atoms with Crippen molar-refractivity contribution < 1.29 is 9.53 Å². The van der Waals surface area contributed by atoms with Crippen LogP contribution >= 0.6 is 0 Å². The summed E-state index contributed by atoms with van der Waals surface area (Å²) in [4.78, 5) is 15.7. The molecule has 0 saturated carbocycles. The largest absolute Gasteiger partial charge is 0.485 e. The van der Waals surface area contributed by atoms with Gasteiger partial charge in [-0.1, -0.05) is 18.2 Å². The molecule has 1 N–H and O–H groups in total. The van der Waals surface area contributed by atoms with Crippen molar-refractivity contribution in [1.82, 2.24) is 10.4 Å². The first kappa shape index (κ1) is 14.0. The molecule has 1 aromatic carbocycles. The van der Waals surface area contributed by atoms with Crippen LogP contribution in [-0.4, -0.2) is 23.2 Å². The van der Waals surface area contributed by atoms with E-state index in [1.807, 2.05) is 37.3 Å². The second kappa shape index (κ2) is 6.22. The van der Waals surface area contributed by atoms with Crippen LogP contribution in [0.25, 0.3) is 6.08 Å². The molecule has 1 aliphatic rings. The summed E-state index contributed by atoms with van der Waals surface area (Å²) in [6.07, 6.45) is 6.60. The van der Waals surface area contributed by atoms with Gasteiger partial charge in [-0.15, -0.1) is 0 Å². The molecule has 1 aliphatic heterocycles. The van der Waals surface area contributed by atoms with Crippen LogP contribution in [0.4, 0.5) is 0 Å². The summed E-state index contributed by atoms with van der Waals surface area (Å²) in [6.45, 7) is 1.94. The Morgan fingerprint density at radius 2 is 2.18 bits per heavy atom. The molecule has 110 valence electrons. The van der Waals surface area contributed by atoms with Crippen LogP contribution in [0.3, 0.4) is 0 Å². The van der Waals surface area contributed by atoms with Gasteiger partial charge in [0.2, 0.25) is 0 Å². The number of aromatic nitrogens is 1. The van der Waals surface area contributed by atoms with Crippen LogP contribution in [0.5, 0.6) is 5.75 Å². The van der Waals surface area contributed by atoms with Crippen LogP contribution in [0.15, 0.2) is 59.5 Å². The highest BCUT2D eigenvalue weighted by molar-refractivity contribution is 5.95. The highest BCUT2D eigenvalue weighted by Crippen LogP contribution is 2.28. The molecule has 0 saturated heterocycles. The van der Waals surface area contributed by atoms with E-state index < -0.39 is 0 Å². The number of carbonyl (C=O) groups excluding carboxylic acids is 1. The number of hydrogen-bond acceptors (Lipinski definition) is 4. The summed E-state index contributed by atoms with van der Waals surface area (Å²) >= 11 is 0. The lowest BCUT2D eigenvalue weighted by Crippen LogP contribution is -2.22. The Morgan fingerprint density at radius 3 is 3.00 bits per heavy atom. The Kier molecular flexibility index (Phi) is 3.96. The van der Waals surface area contributed by atoms with Gasteiger partial charge in [-0.2, -0.15) is 5.10 Å². The fourth-order valence-electron chi connectivity index (χ4n) is 2.13. The van der Waals surface area contributed by atoms with Gasteiger partial charge >= 0.3 is 0 Å². The monoisotopic (exact) mass is 293 g/mol. The number of nitrogens with one attached hydrogen (secondary N) is 1. The van der Waals surface area contributed by atoms with E-state index in [0.29, 0.717) is 5.56 Å². The van der Waals surface area contributed by atoms with E-state index in [1.54, 1.807) is 24.5 Å². The molecule has 3 rings (SSSR count). The molecule has 2 aromatic rings. The lowest BCUT2D eigenvalue weighted by Gasteiger charge is -2.22. The smallest absolute Gasteiger partial charge is 0.272 e. The molecule has 5 nitrogen and oxygen atoms in total. The van der Waals surface area contributed by atoms with Gasteiger partial charge in [0.15, 0.2) is 0 Å². The van der Waals surface area contributed by atoms with E-state index in [0.717, 1.165) is 16.9 Å². The van der Waals surface area contributed by atoms with E-state index in [2.05, 4.69) is 15.5 Å². The number of amides is 1. The number of carbonyl (C=O) groups is 1. The molecule has 22 heavy (non-hydrogen) atoms. The molecule has 5 heteroatoms. The number of fused-ring (bicyclic) bond motifs is 1. The zero-order valence-corrected chi connectivity index (χ0v) is 12.1. The fraction of sp³-hybridized carbons (Fsp3) is 0.118. The van der Waals surface area contributed by atoms with E-state index in [4.69, 9.17) is 4.74 Å². The minimum atomic E-state index is -0.297. The average molecular weight is 293 g/mol. The molecule has 1 aromatic heterocycles. The van der Waals surface area contributed by atoms with E-state index in [-0.39, 0.29) is 12.0 Å². The molecule has 0 spiro atoms. The highest BCUT2D eigenvalue weighted by atomic mass is 16.5. The van der Waals surface area contributed by atoms with Crippen LogP contribution in [0, 0.1) is 0 Å². The molecule has 0 aliphatic carbocycles. The number of hydrogen-bond donors (Lipinski definition) is 1. The van der Waals surface area contributed by atoms with Crippen molar-refractivity contribution >= 4 is 18.2 Å². The van der Waals surface area contributed by atoms with Gasteiger partial charge in [0.25, 0.3) is 5.91 Å². The molecule has 0 fully saturated rings. The first-order valence-corrected chi connectivity index (χ1v) is 6.95. The van der Waals surface area contributed by atoms with E-state index >= 15 is 0 Å². The SMILES string of the molecule is C[C@H]1Oc2ccccc2C=C1/C=N/NC(=O)c1cccnc1. The van der Waals surface area contributed by atoms with Crippen LogP contribution in [0.2, 0.25) is 0 Å². The topological polar surface area (TPSA) is 63.6 Å². The van der Waals surface area contributed by atoms with Gasteiger partial charge in [-0.25, -0.2) is 5.43 Å². The van der Waals surface area contributed by atoms with Crippen molar-refractivity contribution in [3.05, 3.63) is 65.5 Å². The molecule has 0 radical (unpaired) electrons. The summed E-state index contributed by atoms with van der Waals surface area (Å²) in [7, 11) is 0. The zero-order chi connectivity index (χ0) is 15.4. The van der Waals surface area contributed by atoms with Crippen molar-refractivity contribution in [3.63, 3.8) is 0 Å². The third-order valence-electron chi connectivity index (χ3n) is 3.32. The first-order valence-electron chi connectivity index (χ1n) is 6.95. The van der Waals surface area contributed by atoms with Crippen molar-refractivity contribution in [2.75, 3.05) is 0 Å². The number of ether oxygens (including phenoxy) is 1. The number of hydrazone groups is 1. The molecule has 1 atom stereocenters. The number of nitrogens with zero attached hydrogens (tertiary/aromatic N) is 2. The summed E-state index contributed by atoms with van der Waals surface area (Å²) in [5.74, 6) is 0.557. The highest BCUT2D eigenvalue weighted by Gasteiger charge is 2.16. The second-order valence-corrected chi connectivity index (χ2v) is 4.88. The normalized spacial score (nSPS) is 16.6. The van der Waals surface area contributed by atoms with Gasteiger partial charge in [0, 0.05) is 23.5 Å². The quantitative estimate of drug-likeness (QED) is 0.699. The summed E-state index contributed by atoms with van der Waals surface area (Å²) in [6, 6.07) is 11.2. The average Bonchev–Trinajstić information content (AvgIpc) is 2.56. The predicted octanol–water partition coefficient (Wildman–Crippen LogP) is 2.66. The number of rotatable bonds is 3. The van der Waals surface area contributed by atoms with Crippen LogP contribution in [-0.2, 0) is 0 Å². The fourth-order valence-corrected chi connectivity index (χ4v) is 2.13. The van der Waals surface area contributed by atoms with Gasteiger partial charge in [0.1, 0.15) is 11.9 Å². The standard InChI is InChI=1S/C17H15N3O2/c1-12-15(9-13-5-2-3-7-16(13)22-12)11-19-20-17(21)14-6-4-8-18-10-14/h2-12H,1H3,(H,20,21)/b19-11+/t12-/m1/s1. The predicted molar refractivity (Wildman–Crippen MR) is 84.7 cm³/mol. The molecular weight excluding hydrogens is 278 g/mol. The number of para-hydroxylation sites is 1. The van der Waals surface area contributed by atoms with Crippen LogP contribution in [0.1, 0.15) is 22.8 Å². The van der Waals surface area contributed by atoms with Gasteiger partial charge in [-0.3, -0.25) is 9.78 Å². The maximum absolute atomic E-state index is 11.9. The van der Waals surface area contributed by atoms with E-state index in [1.165, 1.54) is 6.20 Å². The van der Waals surface area contributed by atoms with Gasteiger partial charge in [-0.05, 0) is 31.2 Å².